The van der Waals surface area contributed by atoms with Crippen molar-refractivity contribution in [3.05, 3.63) is 29.3 Å². The van der Waals surface area contributed by atoms with E-state index in [1.165, 1.54) is 16.8 Å². The molecule has 1 aliphatic heterocycles. The number of nitrogens with zero attached hydrogens (tertiary/aromatic N) is 1. The quantitative estimate of drug-likeness (QED) is 0.818. The number of carboxylic acid groups (broad SMARTS) is 1. The second kappa shape index (κ2) is 3.93. The number of aryl methyl sites for hydroxylation is 1. The van der Waals surface area contributed by atoms with E-state index in [0.717, 1.165) is 13.0 Å². The molecule has 1 heterocycles. The molecule has 0 fully saturated rings. The summed E-state index contributed by atoms with van der Waals surface area (Å²) in [4.78, 5) is 12.7. The monoisotopic (exact) mass is 205 g/mol. The minimum absolute atomic E-state index is 0.216. The molecule has 0 radical (unpaired) electrons. The van der Waals surface area contributed by atoms with Gasteiger partial charge in [0, 0.05) is 18.8 Å². The average molecular weight is 205 g/mol. The maximum absolute atomic E-state index is 10.5. The van der Waals surface area contributed by atoms with Crippen molar-refractivity contribution < 1.29 is 9.90 Å². The molecule has 0 saturated carbocycles. The third-order valence-corrected chi connectivity index (χ3v) is 2.83. The zero-order valence-electron chi connectivity index (χ0n) is 8.86. The lowest BCUT2D eigenvalue weighted by Crippen LogP contribution is -2.23. The van der Waals surface area contributed by atoms with E-state index in [2.05, 4.69) is 30.0 Å². The number of carboxylic acids is 1. The van der Waals surface area contributed by atoms with Gasteiger partial charge in [0.25, 0.3) is 0 Å². The molecule has 0 saturated heterocycles. The zero-order chi connectivity index (χ0) is 10.8. The fraction of sp³-hybridized carbons (Fsp3) is 0.417. The van der Waals surface area contributed by atoms with E-state index < -0.39 is 5.97 Å². The number of hydrogen-bond donors (Lipinski definition) is 1. The molecule has 0 atom stereocenters. The standard InChI is InChI=1S/C12H15NO2/c1-9-2-3-10-4-6-13(11(10)8-9)7-5-12(14)15/h2-3,8H,4-7H2,1H3,(H,14,15). The summed E-state index contributed by atoms with van der Waals surface area (Å²) in [5, 5.41) is 8.65. The molecule has 0 aromatic heterocycles. The molecular formula is C12H15NO2. The highest BCUT2D eigenvalue weighted by Gasteiger charge is 2.18. The molecule has 1 N–H and O–H groups in total. The van der Waals surface area contributed by atoms with E-state index >= 15 is 0 Å². The molecule has 2 rings (SSSR count). The summed E-state index contributed by atoms with van der Waals surface area (Å²) in [7, 11) is 0. The van der Waals surface area contributed by atoms with Gasteiger partial charge in [0.1, 0.15) is 0 Å². The molecule has 0 spiro atoms. The normalized spacial score (nSPS) is 14.1. The van der Waals surface area contributed by atoms with Gasteiger partial charge in [0.15, 0.2) is 0 Å². The van der Waals surface area contributed by atoms with Crippen LogP contribution in [-0.4, -0.2) is 24.2 Å². The van der Waals surface area contributed by atoms with Gasteiger partial charge in [0.05, 0.1) is 6.42 Å². The Morgan fingerprint density at radius 1 is 1.53 bits per heavy atom. The van der Waals surface area contributed by atoms with Crippen LogP contribution in [0.25, 0.3) is 0 Å². The van der Waals surface area contributed by atoms with Crippen LogP contribution in [0.15, 0.2) is 18.2 Å². The fourth-order valence-corrected chi connectivity index (χ4v) is 2.02. The Morgan fingerprint density at radius 2 is 2.33 bits per heavy atom. The first-order valence-electron chi connectivity index (χ1n) is 5.23. The molecular weight excluding hydrogens is 190 g/mol. The van der Waals surface area contributed by atoms with Gasteiger partial charge in [-0.1, -0.05) is 12.1 Å². The van der Waals surface area contributed by atoms with Crippen molar-refractivity contribution in [2.75, 3.05) is 18.0 Å². The van der Waals surface area contributed by atoms with Crippen LogP contribution in [0.5, 0.6) is 0 Å². The second-order valence-corrected chi connectivity index (χ2v) is 4.01. The molecule has 0 unspecified atom stereocenters. The van der Waals surface area contributed by atoms with Crippen molar-refractivity contribution in [1.29, 1.82) is 0 Å². The first kappa shape index (κ1) is 10.0. The molecule has 15 heavy (non-hydrogen) atoms. The van der Waals surface area contributed by atoms with E-state index in [0.29, 0.717) is 6.54 Å². The molecule has 1 aromatic rings. The number of benzene rings is 1. The second-order valence-electron chi connectivity index (χ2n) is 4.01. The number of fused-ring (bicyclic) bond motifs is 1. The number of hydrogen-bond acceptors (Lipinski definition) is 2. The number of aliphatic carboxylic acids is 1. The van der Waals surface area contributed by atoms with E-state index in [1.807, 2.05) is 0 Å². The molecule has 1 aromatic carbocycles. The van der Waals surface area contributed by atoms with Crippen molar-refractivity contribution >= 4 is 11.7 Å². The Morgan fingerprint density at radius 3 is 3.07 bits per heavy atom. The van der Waals surface area contributed by atoms with E-state index in [1.54, 1.807) is 0 Å². The molecule has 0 amide bonds. The minimum atomic E-state index is -0.726. The Bertz CT molecular complexity index is 387. The van der Waals surface area contributed by atoms with Crippen LogP contribution in [0, 0.1) is 6.92 Å². The SMILES string of the molecule is Cc1ccc2c(c1)N(CCC(=O)O)CC2. The summed E-state index contributed by atoms with van der Waals surface area (Å²) in [6.45, 7) is 3.63. The maximum Gasteiger partial charge on any atom is 0.305 e. The van der Waals surface area contributed by atoms with Crippen LogP contribution >= 0.6 is 0 Å². The average Bonchev–Trinajstić information content (AvgIpc) is 2.57. The number of rotatable bonds is 3. The van der Waals surface area contributed by atoms with Crippen LogP contribution in [0.2, 0.25) is 0 Å². The lowest BCUT2D eigenvalue weighted by molar-refractivity contribution is -0.136. The smallest absolute Gasteiger partial charge is 0.305 e. The van der Waals surface area contributed by atoms with Crippen LogP contribution in [0.3, 0.4) is 0 Å². The summed E-state index contributed by atoms with van der Waals surface area (Å²) in [5.74, 6) is -0.726. The molecule has 1 aliphatic rings. The molecule has 80 valence electrons. The van der Waals surface area contributed by atoms with Crippen molar-refractivity contribution in [2.24, 2.45) is 0 Å². The predicted molar refractivity (Wildman–Crippen MR) is 59.3 cm³/mol. The zero-order valence-corrected chi connectivity index (χ0v) is 8.86. The topological polar surface area (TPSA) is 40.5 Å². The predicted octanol–water partition coefficient (Wildman–Crippen LogP) is 1.83. The fourth-order valence-electron chi connectivity index (χ4n) is 2.02. The summed E-state index contributed by atoms with van der Waals surface area (Å²) in [6.07, 6.45) is 1.25. The van der Waals surface area contributed by atoms with Crippen molar-refractivity contribution in [3.63, 3.8) is 0 Å². The van der Waals surface area contributed by atoms with E-state index in [-0.39, 0.29) is 6.42 Å². The van der Waals surface area contributed by atoms with Gasteiger partial charge in [-0.25, -0.2) is 0 Å². The number of anilines is 1. The van der Waals surface area contributed by atoms with E-state index in [9.17, 15) is 4.79 Å². The molecule has 0 bridgehead atoms. The van der Waals surface area contributed by atoms with Crippen molar-refractivity contribution in [3.8, 4) is 0 Å². The molecule has 3 heteroatoms. The van der Waals surface area contributed by atoms with Crippen LogP contribution in [-0.2, 0) is 11.2 Å². The third kappa shape index (κ3) is 2.12. The minimum Gasteiger partial charge on any atom is -0.481 e. The highest BCUT2D eigenvalue weighted by molar-refractivity contribution is 5.68. The third-order valence-electron chi connectivity index (χ3n) is 2.83. The van der Waals surface area contributed by atoms with Crippen LogP contribution in [0.4, 0.5) is 5.69 Å². The summed E-state index contributed by atoms with van der Waals surface area (Å²) < 4.78 is 0. The lowest BCUT2D eigenvalue weighted by atomic mass is 10.1. The van der Waals surface area contributed by atoms with Gasteiger partial charge in [0.2, 0.25) is 0 Å². The number of carbonyl (C=O) groups is 1. The van der Waals surface area contributed by atoms with Gasteiger partial charge >= 0.3 is 5.97 Å². The van der Waals surface area contributed by atoms with Gasteiger partial charge in [-0.3, -0.25) is 4.79 Å². The van der Waals surface area contributed by atoms with Gasteiger partial charge in [-0.2, -0.15) is 0 Å². The highest BCUT2D eigenvalue weighted by Crippen LogP contribution is 2.28. The maximum atomic E-state index is 10.5. The van der Waals surface area contributed by atoms with Crippen LogP contribution < -0.4 is 4.90 Å². The van der Waals surface area contributed by atoms with Gasteiger partial charge in [-0.15, -0.1) is 0 Å². The van der Waals surface area contributed by atoms with Crippen LogP contribution in [0.1, 0.15) is 17.5 Å². The van der Waals surface area contributed by atoms with Gasteiger partial charge < -0.3 is 10.0 Å². The van der Waals surface area contributed by atoms with Crippen molar-refractivity contribution in [2.45, 2.75) is 19.8 Å². The first-order valence-corrected chi connectivity index (χ1v) is 5.23. The lowest BCUT2D eigenvalue weighted by Gasteiger charge is -2.18. The molecule has 0 aliphatic carbocycles. The van der Waals surface area contributed by atoms with Crippen molar-refractivity contribution in [1.82, 2.24) is 0 Å². The Labute approximate surface area is 89.3 Å². The first-order chi connectivity index (χ1) is 7.16. The Hall–Kier alpha value is -1.51. The Balaban J connectivity index is 2.13. The summed E-state index contributed by atoms with van der Waals surface area (Å²) >= 11 is 0. The highest BCUT2D eigenvalue weighted by atomic mass is 16.4. The summed E-state index contributed by atoms with van der Waals surface area (Å²) in [5.41, 5.74) is 3.79. The Kier molecular flexibility index (Phi) is 2.62. The molecule has 3 nitrogen and oxygen atoms in total. The van der Waals surface area contributed by atoms with Gasteiger partial charge in [-0.05, 0) is 30.5 Å². The summed E-state index contributed by atoms with van der Waals surface area (Å²) in [6, 6.07) is 6.40. The largest absolute Gasteiger partial charge is 0.481 e. The van der Waals surface area contributed by atoms with E-state index in [4.69, 9.17) is 5.11 Å².